The highest BCUT2D eigenvalue weighted by atomic mass is 35.5. The molecule has 0 spiro atoms. The summed E-state index contributed by atoms with van der Waals surface area (Å²) in [6.07, 6.45) is -0.523. The second kappa shape index (κ2) is 13.2. The third-order valence-electron chi connectivity index (χ3n) is 7.47. The lowest BCUT2D eigenvalue weighted by molar-refractivity contribution is -0.138. The molecule has 0 radical (unpaired) electrons. The van der Waals surface area contributed by atoms with Gasteiger partial charge < -0.3 is 15.5 Å². The number of hydrogen-bond acceptors (Lipinski definition) is 4. The molecule has 0 atom stereocenters. The minimum Gasteiger partial charge on any atom is -0.367 e. The van der Waals surface area contributed by atoms with Crippen LogP contribution in [0.15, 0.2) is 30.3 Å². The van der Waals surface area contributed by atoms with E-state index < -0.39 is 35.7 Å². The van der Waals surface area contributed by atoms with Crippen LogP contribution in [0, 0.1) is 17.6 Å². The van der Waals surface area contributed by atoms with Gasteiger partial charge in [-0.3, -0.25) is 14.5 Å². The molecule has 0 bridgehead atoms. The number of benzene rings is 2. The largest absolute Gasteiger partial charge is 0.390 e. The molecular formula is C28H32ClF5N4O2. The van der Waals surface area contributed by atoms with E-state index in [1.807, 2.05) is 4.90 Å². The Bertz CT molecular complexity index is 1210. The molecular weight excluding hydrogens is 555 g/mol. The molecule has 6 nitrogen and oxygen atoms in total. The first-order chi connectivity index (χ1) is 19.0. The van der Waals surface area contributed by atoms with Crippen molar-refractivity contribution >= 4 is 34.8 Å². The molecule has 0 unspecified atom stereocenters. The van der Waals surface area contributed by atoms with Gasteiger partial charge in [0, 0.05) is 55.8 Å². The summed E-state index contributed by atoms with van der Waals surface area (Å²) in [6, 6.07) is 7.13. The molecule has 1 saturated heterocycles. The second-order valence-corrected chi connectivity index (χ2v) is 10.7. The lowest BCUT2D eigenvalue weighted by Crippen LogP contribution is -2.47. The number of nitrogens with zero attached hydrogens (tertiary/aromatic N) is 2. The van der Waals surface area contributed by atoms with Gasteiger partial charge >= 0.3 is 6.18 Å². The van der Waals surface area contributed by atoms with Crippen molar-refractivity contribution in [3.63, 3.8) is 0 Å². The number of rotatable bonds is 8. The first-order valence-corrected chi connectivity index (χ1v) is 13.8. The Kier molecular flexibility index (Phi) is 9.89. The standard InChI is InChI=1S/C28H32ClF5N4O2/c29-20-7-9-22(23(16-20)38-14-12-37(13-15-38)11-10-28(32,33)34)36-27(40)21-8-6-19(24(30)25(21)31)17-35-26(39)18-4-2-1-3-5-18/h6-9,16,18H,1-5,10-15,17H2,(H,35,39)(H,36,40). The van der Waals surface area contributed by atoms with E-state index in [0.717, 1.165) is 32.1 Å². The molecule has 4 rings (SSSR count). The lowest BCUT2D eigenvalue weighted by atomic mass is 9.88. The van der Waals surface area contributed by atoms with Crippen LogP contribution < -0.4 is 15.5 Å². The molecule has 40 heavy (non-hydrogen) atoms. The molecule has 2 N–H and O–H groups in total. The number of alkyl halides is 3. The van der Waals surface area contributed by atoms with Crippen LogP contribution in [0.5, 0.6) is 0 Å². The Morgan fingerprint density at radius 3 is 2.33 bits per heavy atom. The highest BCUT2D eigenvalue weighted by Crippen LogP contribution is 2.32. The van der Waals surface area contributed by atoms with Gasteiger partial charge in [0.25, 0.3) is 5.91 Å². The zero-order valence-electron chi connectivity index (χ0n) is 21.9. The molecule has 218 valence electrons. The molecule has 1 aliphatic heterocycles. The fourth-order valence-corrected chi connectivity index (χ4v) is 5.32. The molecule has 1 saturated carbocycles. The van der Waals surface area contributed by atoms with Gasteiger partial charge in [0.2, 0.25) is 5.91 Å². The van der Waals surface area contributed by atoms with Crippen molar-refractivity contribution in [3.05, 3.63) is 58.1 Å². The minimum atomic E-state index is -4.22. The van der Waals surface area contributed by atoms with E-state index in [9.17, 15) is 31.5 Å². The molecule has 2 fully saturated rings. The maximum Gasteiger partial charge on any atom is 0.390 e. The van der Waals surface area contributed by atoms with Crippen molar-refractivity contribution in [2.24, 2.45) is 5.92 Å². The van der Waals surface area contributed by atoms with Crippen LogP contribution in [-0.4, -0.2) is 55.6 Å². The van der Waals surface area contributed by atoms with Crippen LogP contribution in [0.3, 0.4) is 0 Å². The minimum absolute atomic E-state index is 0.0613. The summed E-state index contributed by atoms with van der Waals surface area (Å²) < 4.78 is 67.5. The number of nitrogens with one attached hydrogen (secondary N) is 2. The predicted molar refractivity (Wildman–Crippen MR) is 144 cm³/mol. The Hall–Kier alpha value is -2.92. The summed E-state index contributed by atoms with van der Waals surface area (Å²) in [7, 11) is 0. The van der Waals surface area contributed by atoms with E-state index >= 15 is 0 Å². The maximum absolute atomic E-state index is 14.9. The lowest BCUT2D eigenvalue weighted by Gasteiger charge is -2.37. The fraction of sp³-hybridized carbons (Fsp3) is 0.500. The van der Waals surface area contributed by atoms with E-state index in [2.05, 4.69) is 10.6 Å². The van der Waals surface area contributed by atoms with Crippen molar-refractivity contribution < 1.29 is 31.5 Å². The van der Waals surface area contributed by atoms with Crippen LogP contribution in [0.1, 0.15) is 54.4 Å². The highest BCUT2D eigenvalue weighted by Gasteiger charge is 2.29. The van der Waals surface area contributed by atoms with E-state index in [1.54, 1.807) is 11.0 Å². The number of carbonyl (C=O) groups is 2. The SMILES string of the molecule is O=C(Nc1ccc(Cl)cc1N1CCN(CCC(F)(F)F)CC1)c1ccc(CNC(=O)C2CCCCC2)c(F)c1F. The zero-order valence-corrected chi connectivity index (χ0v) is 22.7. The third kappa shape index (κ3) is 7.84. The van der Waals surface area contributed by atoms with Gasteiger partial charge in [0.05, 0.1) is 23.4 Å². The Labute approximate surface area is 234 Å². The maximum atomic E-state index is 14.9. The van der Waals surface area contributed by atoms with E-state index in [4.69, 9.17) is 11.6 Å². The van der Waals surface area contributed by atoms with Gasteiger partial charge in [-0.2, -0.15) is 13.2 Å². The number of carbonyl (C=O) groups excluding carboxylic acids is 2. The van der Waals surface area contributed by atoms with E-state index in [1.165, 1.54) is 24.3 Å². The fourth-order valence-electron chi connectivity index (χ4n) is 5.15. The van der Waals surface area contributed by atoms with E-state index in [0.29, 0.717) is 42.6 Å². The van der Waals surface area contributed by atoms with Gasteiger partial charge in [-0.1, -0.05) is 36.9 Å². The molecule has 1 aliphatic carbocycles. The summed E-state index contributed by atoms with van der Waals surface area (Å²) in [4.78, 5) is 28.9. The average molecular weight is 587 g/mol. The molecule has 2 amide bonds. The number of hydrogen-bond donors (Lipinski definition) is 2. The van der Waals surface area contributed by atoms with Gasteiger partial charge in [0.15, 0.2) is 11.6 Å². The molecule has 2 aromatic rings. The summed E-state index contributed by atoms with van der Waals surface area (Å²) in [6.45, 7) is 1.28. The number of halogens is 6. The van der Waals surface area contributed by atoms with Crippen LogP contribution in [0.25, 0.3) is 0 Å². The van der Waals surface area contributed by atoms with E-state index in [-0.39, 0.29) is 30.5 Å². The Morgan fingerprint density at radius 1 is 0.950 bits per heavy atom. The number of amides is 2. The summed E-state index contributed by atoms with van der Waals surface area (Å²) in [5.74, 6) is -3.71. The normalized spacial score (nSPS) is 17.1. The third-order valence-corrected chi connectivity index (χ3v) is 7.70. The summed E-state index contributed by atoms with van der Waals surface area (Å²) >= 11 is 6.17. The first kappa shape index (κ1) is 30.0. The summed E-state index contributed by atoms with van der Waals surface area (Å²) in [5.41, 5.74) is 0.271. The smallest absolute Gasteiger partial charge is 0.367 e. The van der Waals surface area contributed by atoms with Crippen LogP contribution in [0.4, 0.5) is 33.3 Å². The monoisotopic (exact) mass is 586 g/mol. The van der Waals surface area contributed by atoms with Gasteiger partial charge in [0.1, 0.15) is 0 Å². The molecule has 1 heterocycles. The van der Waals surface area contributed by atoms with Crippen molar-refractivity contribution in [2.45, 2.75) is 51.2 Å². The molecule has 2 aromatic carbocycles. The highest BCUT2D eigenvalue weighted by molar-refractivity contribution is 6.31. The zero-order chi connectivity index (χ0) is 28.9. The van der Waals surface area contributed by atoms with Crippen molar-refractivity contribution in [3.8, 4) is 0 Å². The summed E-state index contributed by atoms with van der Waals surface area (Å²) in [5, 5.41) is 5.66. The second-order valence-electron chi connectivity index (χ2n) is 10.3. The van der Waals surface area contributed by atoms with Gasteiger partial charge in [-0.05, 0) is 37.1 Å². The molecule has 12 heteroatoms. The first-order valence-electron chi connectivity index (χ1n) is 13.4. The molecule has 0 aromatic heterocycles. The quantitative estimate of drug-likeness (QED) is 0.365. The van der Waals surface area contributed by atoms with Crippen LogP contribution in [-0.2, 0) is 11.3 Å². The number of piperazine rings is 1. The Balaban J connectivity index is 1.40. The Morgan fingerprint density at radius 2 is 1.65 bits per heavy atom. The van der Waals surface area contributed by atoms with Crippen molar-refractivity contribution in [2.75, 3.05) is 42.9 Å². The van der Waals surface area contributed by atoms with Crippen molar-refractivity contribution in [1.29, 1.82) is 0 Å². The number of anilines is 2. The predicted octanol–water partition coefficient (Wildman–Crippen LogP) is 6.14. The topological polar surface area (TPSA) is 64.7 Å². The van der Waals surface area contributed by atoms with Crippen LogP contribution >= 0.6 is 11.6 Å². The van der Waals surface area contributed by atoms with Crippen molar-refractivity contribution in [1.82, 2.24) is 10.2 Å². The molecule has 2 aliphatic rings. The van der Waals surface area contributed by atoms with Crippen LogP contribution in [0.2, 0.25) is 5.02 Å². The van der Waals surface area contributed by atoms with Gasteiger partial charge in [-0.15, -0.1) is 0 Å². The average Bonchev–Trinajstić information content (AvgIpc) is 2.94. The van der Waals surface area contributed by atoms with Gasteiger partial charge in [-0.25, -0.2) is 8.78 Å².